The van der Waals surface area contributed by atoms with E-state index < -0.39 is 6.04 Å². The van der Waals surface area contributed by atoms with Gasteiger partial charge in [0.25, 0.3) is 0 Å². The molecule has 1 aromatic rings. The van der Waals surface area contributed by atoms with Gasteiger partial charge < -0.3 is 4.74 Å². The van der Waals surface area contributed by atoms with Crippen LogP contribution in [-0.2, 0) is 16.6 Å². The van der Waals surface area contributed by atoms with E-state index in [1.54, 1.807) is 4.68 Å². The number of hydrogen-bond acceptors (Lipinski definition) is 4. The molecule has 0 aliphatic carbocycles. The summed E-state index contributed by atoms with van der Waals surface area (Å²) in [6.07, 6.45) is 1.84. The second-order valence-electron chi connectivity index (χ2n) is 4.12. The van der Waals surface area contributed by atoms with E-state index in [0.717, 1.165) is 11.3 Å². The zero-order valence-electron chi connectivity index (χ0n) is 10.4. The van der Waals surface area contributed by atoms with Crippen molar-refractivity contribution in [1.29, 1.82) is 0 Å². The van der Waals surface area contributed by atoms with E-state index >= 15 is 0 Å². The van der Waals surface area contributed by atoms with Crippen LogP contribution in [0.5, 0.6) is 0 Å². The molecule has 1 atom stereocenters. The molecule has 1 N–H and O–H groups in total. The maximum atomic E-state index is 11.7. The Hall–Kier alpha value is -1.36. The van der Waals surface area contributed by atoms with E-state index in [1.165, 1.54) is 7.11 Å². The average molecular weight is 225 g/mol. The highest BCUT2D eigenvalue weighted by atomic mass is 16.5. The number of nitrogens with one attached hydrogen (secondary N) is 1. The van der Waals surface area contributed by atoms with Crippen LogP contribution < -0.4 is 5.32 Å². The molecule has 90 valence electrons. The van der Waals surface area contributed by atoms with Gasteiger partial charge in [0.15, 0.2) is 0 Å². The Morgan fingerprint density at radius 3 is 2.56 bits per heavy atom. The van der Waals surface area contributed by atoms with Crippen molar-refractivity contribution in [2.24, 2.45) is 7.05 Å². The summed E-state index contributed by atoms with van der Waals surface area (Å²) < 4.78 is 6.49. The van der Waals surface area contributed by atoms with Crippen molar-refractivity contribution in [3.05, 3.63) is 17.5 Å². The number of carbonyl (C=O) groups excluding carboxylic acids is 1. The number of aromatic nitrogens is 2. The summed E-state index contributed by atoms with van der Waals surface area (Å²) in [5, 5.41) is 7.40. The van der Waals surface area contributed by atoms with E-state index in [4.69, 9.17) is 4.74 Å². The van der Waals surface area contributed by atoms with E-state index in [1.807, 2.05) is 34.0 Å². The number of rotatable bonds is 4. The first-order chi connectivity index (χ1) is 7.45. The van der Waals surface area contributed by atoms with Crippen LogP contribution >= 0.6 is 0 Å². The minimum atomic E-state index is -0.446. The van der Waals surface area contributed by atoms with Gasteiger partial charge in [-0.3, -0.25) is 10.00 Å². The van der Waals surface area contributed by atoms with Crippen LogP contribution in [0.15, 0.2) is 6.20 Å². The lowest BCUT2D eigenvalue weighted by molar-refractivity contribution is -0.143. The molecule has 1 rings (SSSR count). The molecule has 0 aliphatic rings. The van der Waals surface area contributed by atoms with Crippen molar-refractivity contribution in [3.63, 3.8) is 0 Å². The molecular formula is C11H19N3O2. The van der Waals surface area contributed by atoms with Crippen LogP contribution in [0.1, 0.15) is 31.1 Å². The first-order valence-electron chi connectivity index (χ1n) is 5.29. The van der Waals surface area contributed by atoms with E-state index in [2.05, 4.69) is 10.4 Å². The lowest BCUT2D eigenvalue weighted by Crippen LogP contribution is -2.34. The van der Waals surface area contributed by atoms with Crippen molar-refractivity contribution >= 4 is 5.97 Å². The molecule has 1 unspecified atom stereocenters. The molecule has 0 amide bonds. The van der Waals surface area contributed by atoms with Crippen LogP contribution in [0, 0.1) is 6.92 Å². The van der Waals surface area contributed by atoms with Gasteiger partial charge in [0.05, 0.1) is 12.8 Å². The number of ether oxygens (including phenoxy) is 1. The number of aryl methyl sites for hydroxylation is 2. The monoisotopic (exact) mass is 225 g/mol. The van der Waals surface area contributed by atoms with E-state index in [0.29, 0.717) is 0 Å². The van der Waals surface area contributed by atoms with Gasteiger partial charge in [-0.2, -0.15) is 5.10 Å². The predicted octanol–water partition coefficient (Wildman–Crippen LogP) is 0.941. The Bertz CT molecular complexity index is 371. The molecule has 0 aliphatic heterocycles. The number of esters is 1. The number of carbonyl (C=O) groups is 1. The van der Waals surface area contributed by atoms with Crippen LogP contribution in [0.25, 0.3) is 0 Å². The topological polar surface area (TPSA) is 56.1 Å². The highest BCUT2D eigenvalue weighted by Gasteiger charge is 2.25. The van der Waals surface area contributed by atoms with Gasteiger partial charge in [-0.1, -0.05) is 0 Å². The summed E-state index contributed by atoms with van der Waals surface area (Å²) in [7, 11) is 3.23. The molecule has 0 aromatic carbocycles. The van der Waals surface area contributed by atoms with Gasteiger partial charge >= 0.3 is 5.97 Å². The number of nitrogens with zero attached hydrogens (tertiary/aromatic N) is 2. The fourth-order valence-corrected chi connectivity index (χ4v) is 1.64. The molecule has 0 saturated carbocycles. The smallest absolute Gasteiger partial charge is 0.327 e. The lowest BCUT2D eigenvalue weighted by Gasteiger charge is -2.18. The van der Waals surface area contributed by atoms with Gasteiger partial charge in [-0.15, -0.1) is 0 Å². The minimum Gasteiger partial charge on any atom is -0.468 e. The van der Waals surface area contributed by atoms with Crippen molar-refractivity contribution < 1.29 is 9.53 Å². The molecule has 1 heterocycles. The van der Waals surface area contributed by atoms with Gasteiger partial charge in [0, 0.05) is 24.8 Å². The quantitative estimate of drug-likeness (QED) is 0.775. The Morgan fingerprint density at radius 2 is 2.19 bits per heavy atom. The molecule has 5 nitrogen and oxygen atoms in total. The standard InChI is InChI=1S/C11H19N3O2/c1-7(2)12-10(11(15)16-5)9-6-14(4)13-8(9)3/h6-7,10,12H,1-5H3. The van der Waals surface area contributed by atoms with Gasteiger partial charge in [-0.25, -0.2) is 4.79 Å². The third-order valence-electron chi connectivity index (χ3n) is 2.30. The second kappa shape index (κ2) is 5.12. The maximum Gasteiger partial charge on any atom is 0.327 e. The summed E-state index contributed by atoms with van der Waals surface area (Å²) >= 11 is 0. The Kier molecular flexibility index (Phi) is 4.06. The van der Waals surface area contributed by atoms with E-state index in [-0.39, 0.29) is 12.0 Å². The predicted molar refractivity (Wildman–Crippen MR) is 61.0 cm³/mol. The molecule has 0 bridgehead atoms. The normalized spacial score (nSPS) is 12.9. The average Bonchev–Trinajstić information content (AvgIpc) is 2.53. The fourth-order valence-electron chi connectivity index (χ4n) is 1.64. The number of hydrogen-bond donors (Lipinski definition) is 1. The van der Waals surface area contributed by atoms with E-state index in [9.17, 15) is 4.79 Å². The van der Waals surface area contributed by atoms with Crippen molar-refractivity contribution in [2.75, 3.05) is 7.11 Å². The molecular weight excluding hydrogens is 206 g/mol. The molecule has 1 aromatic heterocycles. The highest BCUT2D eigenvalue weighted by molar-refractivity contribution is 5.77. The van der Waals surface area contributed by atoms with Gasteiger partial charge in [0.2, 0.25) is 0 Å². The molecule has 0 saturated heterocycles. The second-order valence-corrected chi connectivity index (χ2v) is 4.12. The maximum absolute atomic E-state index is 11.7. The Labute approximate surface area is 95.8 Å². The Balaban J connectivity index is 3.00. The molecule has 0 radical (unpaired) electrons. The van der Waals surface area contributed by atoms with Crippen molar-refractivity contribution in [2.45, 2.75) is 32.9 Å². The summed E-state index contributed by atoms with van der Waals surface area (Å²) in [5.41, 5.74) is 1.70. The molecule has 16 heavy (non-hydrogen) atoms. The summed E-state index contributed by atoms with van der Waals surface area (Å²) in [4.78, 5) is 11.7. The highest BCUT2D eigenvalue weighted by Crippen LogP contribution is 2.18. The summed E-state index contributed by atoms with van der Waals surface area (Å²) in [6.45, 7) is 5.86. The van der Waals surface area contributed by atoms with Crippen molar-refractivity contribution in [1.82, 2.24) is 15.1 Å². The summed E-state index contributed by atoms with van der Waals surface area (Å²) in [6, 6.07) is -0.248. The zero-order valence-corrected chi connectivity index (χ0v) is 10.4. The lowest BCUT2D eigenvalue weighted by atomic mass is 10.1. The zero-order chi connectivity index (χ0) is 12.3. The number of methoxy groups -OCH3 is 1. The third kappa shape index (κ3) is 2.82. The van der Waals surface area contributed by atoms with Crippen LogP contribution in [-0.4, -0.2) is 28.9 Å². The fraction of sp³-hybridized carbons (Fsp3) is 0.636. The first kappa shape index (κ1) is 12.7. The molecule has 0 spiro atoms. The van der Waals surface area contributed by atoms with Crippen LogP contribution in [0.4, 0.5) is 0 Å². The molecule has 0 fully saturated rings. The summed E-state index contributed by atoms with van der Waals surface area (Å²) in [5.74, 6) is -0.287. The Morgan fingerprint density at radius 1 is 1.56 bits per heavy atom. The van der Waals surface area contributed by atoms with Crippen LogP contribution in [0.3, 0.4) is 0 Å². The minimum absolute atomic E-state index is 0.198. The van der Waals surface area contributed by atoms with Crippen molar-refractivity contribution in [3.8, 4) is 0 Å². The van der Waals surface area contributed by atoms with Gasteiger partial charge in [0.1, 0.15) is 6.04 Å². The SMILES string of the molecule is COC(=O)C(NC(C)C)c1cn(C)nc1C. The van der Waals surface area contributed by atoms with Gasteiger partial charge in [-0.05, 0) is 20.8 Å². The van der Waals surface area contributed by atoms with Crippen LogP contribution in [0.2, 0.25) is 0 Å². The first-order valence-corrected chi connectivity index (χ1v) is 5.29. The largest absolute Gasteiger partial charge is 0.468 e. The molecule has 5 heteroatoms. The third-order valence-corrected chi connectivity index (χ3v) is 2.30.